The summed E-state index contributed by atoms with van der Waals surface area (Å²) in [7, 11) is 0. The molecule has 1 heterocycles. The third-order valence-electron chi connectivity index (χ3n) is 5.38. The summed E-state index contributed by atoms with van der Waals surface area (Å²) >= 11 is 0. The molecule has 18 heavy (non-hydrogen) atoms. The lowest BCUT2D eigenvalue weighted by Crippen LogP contribution is -2.55. The number of hydrogen-bond acceptors (Lipinski definition) is 3. The van der Waals surface area contributed by atoms with Gasteiger partial charge in [-0.1, -0.05) is 25.7 Å². The Balaban J connectivity index is 1.62. The number of aliphatic hydroxyl groups is 1. The van der Waals surface area contributed by atoms with E-state index >= 15 is 0 Å². The van der Waals surface area contributed by atoms with Crippen LogP contribution in [0.5, 0.6) is 0 Å². The van der Waals surface area contributed by atoms with Gasteiger partial charge >= 0.3 is 0 Å². The van der Waals surface area contributed by atoms with Crippen molar-refractivity contribution in [3.8, 4) is 0 Å². The number of aliphatic hydroxyl groups excluding tert-OH is 1. The molecule has 3 heteroatoms. The Kier molecular flexibility index (Phi) is 3.65. The van der Waals surface area contributed by atoms with Crippen molar-refractivity contribution in [2.24, 2.45) is 0 Å². The van der Waals surface area contributed by atoms with E-state index in [1.165, 1.54) is 38.5 Å². The van der Waals surface area contributed by atoms with Gasteiger partial charge in [-0.15, -0.1) is 0 Å². The van der Waals surface area contributed by atoms with Crippen LogP contribution in [-0.4, -0.2) is 35.5 Å². The molecule has 2 saturated carbocycles. The number of nitrogens with one attached hydrogen (secondary N) is 1. The average Bonchev–Trinajstić information content (AvgIpc) is 3.01. The third-order valence-corrected chi connectivity index (χ3v) is 5.38. The second-order valence-electron chi connectivity index (χ2n) is 6.72. The van der Waals surface area contributed by atoms with Gasteiger partial charge in [-0.25, -0.2) is 0 Å². The van der Waals surface area contributed by atoms with E-state index in [-0.39, 0.29) is 11.1 Å². The maximum Gasteiger partial charge on any atom is 0.0697 e. The molecule has 3 aliphatic rings. The van der Waals surface area contributed by atoms with Crippen LogP contribution in [0.15, 0.2) is 0 Å². The predicted octanol–water partition coefficient (Wildman–Crippen LogP) is 2.37. The van der Waals surface area contributed by atoms with Gasteiger partial charge in [0, 0.05) is 18.2 Å². The summed E-state index contributed by atoms with van der Waals surface area (Å²) in [5.74, 6) is 0. The molecule has 1 saturated heterocycles. The highest BCUT2D eigenvalue weighted by Gasteiger charge is 2.42. The lowest BCUT2D eigenvalue weighted by atomic mass is 9.86. The molecular weight excluding hydrogens is 226 g/mol. The number of hydrogen-bond donors (Lipinski definition) is 2. The normalized spacial score (nSPS) is 34.2. The Bertz CT molecular complexity index is 280. The van der Waals surface area contributed by atoms with Crippen LogP contribution in [0.3, 0.4) is 0 Å². The lowest BCUT2D eigenvalue weighted by molar-refractivity contribution is -0.0880. The van der Waals surface area contributed by atoms with Crippen LogP contribution >= 0.6 is 0 Å². The van der Waals surface area contributed by atoms with Gasteiger partial charge in [-0.3, -0.25) is 0 Å². The van der Waals surface area contributed by atoms with Gasteiger partial charge < -0.3 is 15.2 Å². The molecule has 0 bridgehead atoms. The van der Waals surface area contributed by atoms with Gasteiger partial charge in [0.15, 0.2) is 0 Å². The first-order valence-corrected chi connectivity index (χ1v) is 7.79. The highest BCUT2D eigenvalue weighted by molar-refractivity contribution is 4.99. The quantitative estimate of drug-likeness (QED) is 0.811. The number of ether oxygens (including phenoxy) is 1. The maximum absolute atomic E-state index is 9.71. The SMILES string of the molecule is OCC1(NC2CCOC3(CCCC3)C2)CCCC1. The van der Waals surface area contributed by atoms with Crippen molar-refractivity contribution in [3.63, 3.8) is 0 Å². The second kappa shape index (κ2) is 5.10. The van der Waals surface area contributed by atoms with E-state index < -0.39 is 0 Å². The van der Waals surface area contributed by atoms with Crippen LogP contribution < -0.4 is 5.32 Å². The van der Waals surface area contributed by atoms with Crippen LogP contribution in [0, 0.1) is 0 Å². The summed E-state index contributed by atoms with van der Waals surface area (Å²) in [6.45, 7) is 1.20. The largest absolute Gasteiger partial charge is 0.394 e. The average molecular weight is 253 g/mol. The molecule has 1 aliphatic heterocycles. The molecule has 0 aromatic rings. The summed E-state index contributed by atoms with van der Waals surface area (Å²) < 4.78 is 6.09. The molecule has 1 unspecified atom stereocenters. The van der Waals surface area contributed by atoms with Gasteiger partial charge in [0.25, 0.3) is 0 Å². The Labute approximate surface area is 110 Å². The van der Waals surface area contributed by atoms with E-state index in [1.807, 2.05) is 0 Å². The van der Waals surface area contributed by atoms with Gasteiger partial charge in [0.2, 0.25) is 0 Å². The Morgan fingerprint density at radius 2 is 1.72 bits per heavy atom. The van der Waals surface area contributed by atoms with Gasteiger partial charge in [-0.05, 0) is 38.5 Å². The van der Waals surface area contributed by atoms with Crippen LogP contribution in [0.4, 0.5) is 0 Å². The Morgan fingerprint density at radius 1 is 1.06 bits per heavy atom. The fraction of sp³-hybridized carbons (Fsp3) is 1.00. The Hall–Kier alpha value is -0.120. The third kappa shape index (κ3) is 2.45. The molecule has 3 rings (SSSR count). The highest BCUT2D eigenvalue weighted by atomic mass is 16.5. The first-order chi connectivity index (χ1) is 8.76. The minimum Gasteiger partial charge on any atom is -0.394 e. The molecule has 1 spiro atoms. The van der Waals surface area contributed by atoms with Crippen molar-refractivity contribution in [3.05, 3.63) is 0 Å². The maximum atomic E-state index is 9.71. The van der Waals surface area contributed by atoms with Crippen molar-refractivity contribution in [2.45, 2.75) is 81.4 Å². The summed E-state index contributed by atoms with van der Waals surface area (Å²) in [6.07, 6.45) is 12.3. The topological polar surface area (TPSA) is 41.5 Å². The fourth-order valence-electron chi connectivity index (χ4n) is 4.35. The van der Waals surface area contributed by atoms with E-state index in [0.29, 0.717) is 12.6 Å². The highest BCUT2D eigenvalue weighted by Crippen LogP contribution is 2.41. The van der Waals surface area contributed by atoms with E-state index in [9.17, 15) is 5.11 Å². The predicted molar refractivity (Wildman–Crippen MR) is 71.6 cm³/mol. The molecule has 0 aromatic carbocycles. The van der Waals surface area contributed by atoms with Crippen molar-refractivity contribution >= 4 is 0 Å². The summed E-state index contributed by atoms with van der Waals surface area (Å²) in [6, 6.07) is 0.557. The first-order valence-electron chi connectivity index (χ1n) is 7.79. The van der Waals surface area contributed by atoms with E-state index in [2.05, 4.69) is 5.32 Å². The molecule has 0 radical (unpaired) electrons. The molecule has 0 amide bonds. The molecule has 3 nitrogen and oxygen atoms in total. The molecule has 2 aliphatic carbocycles. The minimum absolute atomic E-state index is 0.0296. The minimum atomic E-state index is 0.0296. The van der Waals surface area contributed by atoms with E-state index in [4.69, 9.17) is 4.74 Å². The Morgan fingerprint density at radius 3 is 2.39 bits per heavy atom. The zero-order valence-electron chi connectivity index (χ0n) is 11.4. The van der Waals surface area contributed by atoms with Gasteiger partial charge in [-0.2, -0.15) is 0 Å². The van der Waals surface area contributed by atoms with Gasteiger partial charge in [0.1, 0.15) is 0 Å². The van der Waals surface area contributed by atoms with Crippen molar-refractivity contribution < 1.29 is 9.84 Å². The van der Waals surface area contributed by atoms with Crippen LogP contribution in [0.1, 0.15) is 64.2 Å². The van der Waals surface area contributed by atoms with Crippen LogP contribution in [0.2, 0.25) is 0 Å². The standard InChI is InChI=1S/C15H27NO2/c17-12-14(6-1-2-7-14)16-13-5-10-18-15(11-13)8-3-4-9-15/h13,16-17H,1-12H2. The molecule has 0 aromatic heterocycles. The molecule has 1 atom stereocenters. The zero-order chi connectivity index (χ0) is 12.5. The first kappa shape index (κ1) is 12.9. The smallest absolute Gasteiger partial charge is 0.0697 e. The summed E-state index contributed by atoms with van der Waals surface area (Å²) in [5.41, 5.74) is 0.215. The number of rotatable bonds is 3. The van der Waals surface area contributed by atoms with Crippen molar-refractivity contribution in [2.75, 3.05) is 13.2 Å². The van der Waals surface area contributed by atoms with Crippen molar-refractivity contribution in [1.29, 1.82) is 0 Å². The summed E-state index contributed by atoms with van der Waals surface area (Å²) in [4.78, 5) is 0. The molecular formula is C15H27NO2. The fourth-order valence-corrected chi connectivity index (χ4v) is 4.35. The van der Waals surface area contributed by atoms with Crippen LogP contribution in [0.25, 0.3) is 0 Å². The molecule has 2 N–H and O–H groups in total. The molecule has 3 fully saturated rings. The monoisotopic (exact) mass is 253 g/mol. The van der Waals surface area contributed by atoms with E-state index in [0.717, 1.165) is 32.3 Å². The van der Waals surface area contributed by atoms with Crippen molar-refractivity contribution in [1.82, 2.24) is 5.32 Å². The van der Waals surface area contributed by atoms with Crippen LogP contribution in [-0.2, 0) is 4.74 Å². The summed E-state index contributed by atoms with van der Waals surface area (Å²) in [5, 5.41) is 13.5. The second-order valence-corrected chi connectivity index (χ2v) is 6.72. The van der Waals surface area contributed by atoms with E-state index in [1.54, 1.807) is 0 Å². The molecule has 104 valence electrons. The van der Waals surface area contributed by atoms with Gasteiger partial charge in [0.05, 0.1) is 12.2 Å². The lowest BCUT2D eigenvalue weighted by Gasteiger charge is -2.42. The zero-order valence-corrected chi connectivity index (χ0v) is 11.4.